The zero-order chi connectivity index (χ0) is 23.1. The monoisotopic (exact) mass is 446 g/mol. The highest BCUT2D eigenvalue weighted by molar-refractivity contribution is 6.10. The Morgan fingerprint density at radius 3 is 2.85 bits per heavy atom. The van der Waals surface area contributed by atoms with Crippen molar-refractivity contribution in [3.8, 4) is 5.75 Å². The first-order chi connectivity index (χ1) is 15.9. The number of carbonyl (C=O) groups is 1. The Balaban J connectivity index is 1.63. The van der Waals surface area contributed by atoms with Crippen molar-refractivity contribution in [2.24, 2.45) is 0 Å². The molecule has 170 valence electrons. The van der Waals surface area contributed by atoms with Gasteiger partial charge in [0.05, 0.1) is 37.1 Å². The molecule has 0 saturated heterocycles. The fraction of sp³-hybridized carbons (Fsp3) is 0.308. The minimum atomic E-state index is -0.384. The van der Waals surface area contributed by atoms with E-state index in [4.69, 9.17) is 9.72 Å². The van der Waals surface area contributed by atoms with E-state index in [0.29, 0.717) is 26.1 Å². The van der Waals surface area contributed by atoms with E-state index in [9.17, 15) is 9.18 Å². The lowest BCUT2D eigenvalue weighted by Gasteiger charge is -2.30. The Morgan fingerprint density at radius 1 is 1.24 bits per heavy atom. The summed E-state index contributed by atoms with van der Waals surface area (Å²) < 4.78 is 19.1. The number of methoxy groups -OCH3 is 1. The van der Waals surface area contributed by atoms with Crippen LogP contribution in [0.2, 0.25) is 0 Å². The molecule has 4 aromatic rings. The molecule has 0 saturated carbocycles. The van der Waals surface area contributed by atoms with Gasteiger partial charge in [0.25, 0.3) is 0 Å². The molecule has 0 spiro atoms. The van der Waals surface area contributed by atoms with Gasteiger partial charge in [-0.25, -0.2) is 4.39 Å². The van der Waals surface area contributed by atoms with Crippen LogP contribution in [0.1, 0.15) is 22.5 Å². The maximum atomic E-state index is 13.9. The number of nitrogens with one attached hydrogen (secondary N) is 1. The quantitative estimate of drug-likeness (QED) is 0.505. The van der Waals surface area contributed by atoms with Crippen molar-refractivity contribution < 1.29 is 13.9 Å². The third-order valence-corrected chi connectivity index (χ3v) is 6.28. The zero-order valence-electron chi connectivity index (χ0n) is 19.1. The number of hydrogen-bond acceptors (Lipinski definition) is 4. The van der Waals surface area contributed by atoms with Crippen LogP contribution in [-0.2, 0) is 24.2 Å². The van der Waals surface area contributed by atoms with Gasteiger partial charge in [0, 0.05) is 29.3 Å². The van der Waals surface area contributed by atoms with Crippen LogP contribution in [0.25, 0.3) is 21.8 Å². The average molecular weight is 447 g/mol. The van der Waals surface area contributed by atoms with E-state index in [1.54, 1.807) is 12.1 Å². The molecular formula is C26H27FN4O2. The number of nitrogens with zero attached hydrogens (tertiary/aromatic N) is 3. The molecule has 1 aliphatic rings. The minimum absolute atomic E-state index is 0.108. The van der Waals surface area contributed by atoms with E-state index < -0.39 is 0 Å². The first-order valence-corrected chi connectivity index (χ1v) is 11.1. The van der Waals surface area contributed by atoms with Gasteiger partial charge in [0.2, 0.25) is 5.91 Å². The molecule has 0 unspecified atom stereocenters. The number of fused-ring (bicyclic) bond motifs is 5. The second kappa shape index (κ2) is 8.48. The largest absolute Gasteiger partial charge is 0.494 e. The first-order valence-electron chi connectivity index (χ1n) is 11.1. The molecule has 2 aromatic carbocycles. The van der Waals surface area contributed by atoms with Gasteiger partial charge < -0.3 is 19.5 Å². The topological polar surface area (TPSA) is 61.5 Å². The molecular weight excluding hydrogens is 419 g/mol. The Kier molecular flexibility index (Phi) is 5.50. The van der Waals surface area contributed by atoms with Crippen molar-refractivity contribution in [1.29, 1.82) is 0 Å². The number of aromatic nitrogens is 2. The second-order valence-electron chi connectivity index (χ2n) is 8.85. The van der Waals surface area contributed by atoms with Crippen LogP contribution < -0.4 is 4.74 Å². The number of likely N-dealkylation sites (N-methyl/N-ethyl adjacent to an activating group) is 1. The number of rotatable bonds is 5. The number of aromatic amines is 1. The molecule has 0 radical (unpaired) electrons. The number of halogens is 1. The maximum absolute atomic E-state index is 13.9. The molecule has 2 aromatic heterocycles. The molecule has 1 aliphatic heterocycles. The number of amides is 1. The van der Waals surface area contributed by atoms with Gasteiger partial charge in [0.1, 0.15) is 0 Å². The van der Waals surface area contributed by atoms with Gasteiger partial charge >= 0.3 is 0 Å². The van der Waals surface area contributed by atoms with E-state index in [0.717, 1.165) is 39.8 Å². The number of carbonyl (C=O) groups excluding carboxylic acids is 1. The SMILES string of the molecule is COc1cc(Cc2nc3c(c4c2[nH]c2ccccc24)CCN(C(=O)CN(C)C)C3)ccc1F. The highest BCUT2D eigenvalue weighted by Crippen LogP contribution is 2.35. The Bertz CT molecular complexity index is 1360. The van der Waals surface area contributed by atoms with E-state index >= 15 is 0 Å². The van der Waals surface area contributed by atoms with Crippen LogP contribution in [0, 0.1) is 5.82 Å². The third-order valence-electron chi connectivity index (χ3n) is 6.28. The Hall–Kier alpha value is -3.45. The van der Waals surface area contributed by atoms with Crippen molar-refractivity contribution in [3.05, 3.63) is 70.8 Å². The summed E-state index contributed by atoms with van der Waals surface area (Å²) in [6.07, 6.45) is 1.30. The lowest BCUT2D eigenvalue weighted by Crippen LogP contribution is -2.41. The normalized spacial score (nSPS) is 13.7. The predicted molar refractivity (Wildman–Crippen MR) is 127 cm³/mol. The molecule has 7 heteroatoms. The highest BCUT2D eigenvalue weighted by atomic mass is 19.1. The van der Waals surface area contributed by atoms with Gasteiger partial charge in [-0.1, -0.05) is 24.3 Å². The maximum Gasteiger partial charge on any atom is 0.237 e. The number of H-pyrrole nitrogens is 1. The van der Waals surface area contributed by atoms with Gasteiger partial charge in [-0.05, 0) is 49.8 Å². The summed E-state index contributed by atoms with van der Waals surface area (Å²) in [5.74, 6) is -0.0550. The summed E-state index contributed by atoms with van der Waals surface area (Å²) >= 11 is 0. The van der Waals surface area contributed by atoms with E-state index in [1.807, 2.05) is 36.0 Å². The molecule has 0 bridgehead atoms. The highest BCUT2D eigenvalue weighted by Gasteiger charge is 2.26. The zero-order valence-corrected chi connectivity index (χ0v) is 19.1. The first kappa shape index (κ1) is 21.4. The van der Waals surface area contributed by atoms with Crippen LogP contribution in [0.3, 0.4) is 0 Å². The summed E-state index contributed by atoms with van der Waals surface area (Å²) in [6, 6.07) is 13.2. The van der Waals surface area contributed by atoms with Gasteiger partial charge in [-0.15, -0.1) is 0 Å². The molecule has 33 heavy (non-hydrogen) atoms. The standard InChI is InChI=1S/C26H27FN4O2/c1-30(2)15-24(32)31-11-10-18-22(14-31)28-21(12-16-8-9-19(27)23(13-16)33-3)26-25(18)17-6-4-5-7-20(17)29-26/h4-9,13,29H,10-12,14-15H2,1-3H3. The molecule has 1 amide bonds. The van der Waals surface area contributed by atoms with Crippen molar-refractivity contribution in [2.75, 3.05) is 34.3 Å². The Morgan fingerprint density at radius 2 is 2.06 bits per heavy atom. The molecule has 6 nitrogen and oxygen atoms in total. The number of ether oxygens (including phenoxy) is 1. The van der Waals surface area contributed by atoms with Crippen molar-refractivity contribution in [3.63, 3.8) is 0 Å². The van der Waals surface area contributed by atoms with Crippen molar-refractivity contribution >= 4 is 27.7 Å². The van der Waals surface area contributed by atoms with Crippen LogP contribution in [-0.4, -0.2) is 60.0 Å². The van der Waals surface area contributed by atoms with Crippen LogP contribution in [0.5, 0.6) is 5.75 Å². The fourth-order valence-corrected chi connectivity index (χ4v) is 4.73. The molecule has 5 rings (SSSR count). The number of benzene rings is 2. The Labute approximate surface area is 192 Å². The van der Waals surface area contributed by atoms with E-state index in [1.165, 1.54) is 24.1 Å². The van der Waals surface area contributed by atoms with Gasteiger partial charge in [-0.3, -0.25) is 9.78 Å². The number of para-hydroxylation sites is 1. The summed E-state index contributed by atoms with van der Waals surface area (Å²) in [6.45, 7) is 1.56. The smallest absolute Gasteiger partial charge is 0.237 e. The van der Waals surface area contributed by atoms with Crippen LogP contribution in [0.15, 0.2) is 42.5 Å². The lowest BCUT2D eigenvalue weighted by atomic mass is 9.96. The second-order valence-corrected chi connectivity index (χ2v) is 8.85. The number of pyridine rings is 1. The summed E-state index contributed by atoms with van der Waals surface area (Å²) in [5.41, 5.74) is 6.01. The van der Waals surface area contributed by atoms with E-state index in [2.05, 4.69) is 17.1 Å². The fourth-order valence-electron chi connectivity index (χ4n) is 4.73. The van der Waals surface area contributed by atoms with Crippen LogP contribution in [0.4, 0.5) is 4.39 Å². The molecule has 0 aliphatic carbocycles. The summed E-state index contributed by atoms with van der Waals surface area (Å²) in [7, 11) is 5.27. The number of hydrogen-bond donors (Lipinski definition) is 1. The van der Waals surface area contributed by atoms with Gasteiger partial charge in [0.15, 0.2) is 11.6 Å². The molecule has 0 atom stereocenters. The average Bonchev–Trinajstić information content (AvgIpc) is 3.20. The summed E-state index contributed by atoms with van der Waals surface area (Å²) in [4.78, 5) is 25.1. The van der Waals surface area contributed by atoms with E-state index in [-0.39, 0.29) is 17.5 Å². The predicted octanol–water partition coefficient (Wildman–Crippen LogP) is 3.90. The van der Waals surface area contributed by atoms with Crippen molar-refractivity contribution in [2.45, 2.75) is 19.4 Å². The van der Waals surface area contributed by atoms with Crippen LogP contribution >= 0.6 is 0 Å². The molecule has 1 N–H and O–H groups in total. The summed E-state index contributed by atoms with van der Waals surface area (Å²) in [5, 5.41) is 2.34. The lowest BCUT2D eigenvalue weighted by molar-refractivity contribution is -0.132. The van der Waals surface area contributed by atoms with Gasteiger partial charge in [-0.2, -0.15) is 0 Å². The molecule has 3 heterocycles. The van der Waals surface area contributed by atoms with Crippen molar-refractivity contribution in [1.82, 2.24) is 19.8 Å². The molecule has 0 fully saturated rings. The minimum Gasteiger partial charge on any atom is -0.494 e. The third kappa shape index (κ3) is 3.93.